The second kappa shape index (κ2) is 4.31. The molecule has 0 saturated carbocycles. The first-order chi connectivity index (χ1) is 9.15. The smallest absolute Gasteiger partial charge is 0.274 e. The largest absolute Gasteiger partial charge is 0.491 e. The summed E-state index contributed by atoms with van der Waals surface area (Å²) in [5.74, 6) is 0.519. The number of para-hydroxylation sites is 1. The highest BCUT2D eigenvalue weighted by Gasteiger charge is 2.26. The number of hydrogen-bond donors (Lipinski definition) is 2. The molecule has 0 fully saturated rings. The number of anilines is 1. The quantitative estimate of drug-likeness (QED) is 0.837. The van der Waals surface area contributed by atoms with Gasteiger partial charge in [-0.05, 0) is 6.07 Å². The molecule has 0 saturated heterocycles. The number of carbonyl (C=O) groups excluding carboxylic acids is 1. The van der Waals surface area contributed by atoms with Crippen LogP contribution in [0.25, 0.3) is 0 Å². The number of hydrogen-bond acceptors (Lipinski definition) is 4. The number of nitrogens with two attached hydrogens (primary N) is 1. The minimum absolute atomic E-state index is 0.162. The number of carbonyl (C=O) groups is 1. The summed E-state index contributed by atoms with van der Waals surface area (Å²) in [6.07, 6.45) is 1.61. The number of benzene rings is 1. The summed E-state index contributed by atoms with van der Waals surface area (Å²) < 4.78 is 7.03. The van der Waals surface area contributed by atoms with Gasteiger partial charge in [-0.3, -0.25) is 9.48 Å². The molecule has 1 atom stereocenters. The normalized spacial score (nSPS) is 16.8. The molecule has 19 heavy (non-hydrogen) atoms. The number of ether oxygens (including phenoxy) is 1. The standard InChI is InChI=1S/C13H14N4O2/c1-17-6-9(14)12(16-17)13(18)15-10-7-19-11-5-3-2-4-8(10)11/h2-6,10H,7,14H2,1H3,(H,15,18). The second-order valence-corrected chi connectivity index (χ2v) is 4.48. The van der Waals surface area contributed by atoms with Gasteiger partial charge in [0.2, 0.25) is 0 Å². The minimum Gasteiger partial charge on any atom is -0.491 e. The molecule has 1 aromatic carbocycles. The summed E-state index contributed by atoms with van der Waals surface area (Å²) in [7, 11) is 1.72. The third-order valence-corrected chi connectivity index (χ3v) is 3.08. The van der Waals surface area contributed by atoms with Crippen molar-refractivity contribution in [2.24, 2.45) is 7.05 Å². The van der Waals surface area contributed by atoms with E-state index in [1.807, 2.05) is 24.3 Å². The second-order valence-electron chi connectivity index (χ2n) is 4.48. The Balaban J connectivity index is 1.80. The predicted octanol–water partition coefficient (Wildman–Crippen LogP) is 0.866. The van der Waals surface area contributed by atoms with Gasteiger partial charge in [0.05, 0.1) is 11.7 Å². The van der Waals surface area contributed by atoms with E-state index in [1.54, 1.807) is 13.2 Å². The molecule has 1 amide bonds. The molecule has 0 spiro atoms. The van der Waals surface area contributed by atoms with Gasteiger partial charge in [0.25, 0.3) is 5.91 Å². The Labute approximate surface area is 110 Å². The number of aromatic nitrogens is 2. The maximum Gasteiger partial charge on any atom is 0.274 e. The number of nitrogens with one attached hydrogen (secondary N) is 1. The lowest BCUT2D eigenvalue weighted by atomic mass is 10.1. The summed E-state index contributed by atoms with van der Waals surface area (Å²) in [4.78, 5) is 12.1. The van der Waals surface area contributed by atoms with E-state index in [2.05, 4.69) is 10.4 Å². The van der Waals surface area contributed by atoms with Crippen LogP contribution in [0, 0.1) is 0 Å². The summed E-state index contributed by atoms with van der Waals surface area (Å²) in [5, 5.41) is 6.93. The number of rotatable bonds is 2. The van der Waals surface area contributed by atoms with E-state index in [0.717, 1.165) is 11.3 Å². The first-order valence-corrected chi connectivity index (χ1v) is 5.97. The Morgan fingerprint density at radius 1 is 1.53 bits per heavy atom. The number of nitrogens with zero attached hydrogens (tertiary/aromatic N) is 2. The van der Waals surface area contributed by atoms with Gasteiger partial charge in [-0.1, -0.05) is 18.2 Å². The average molecular weight is 258 g/mol. The molecule has 0 radical (unpaired) electrons. The maximum atomic E-state index is 12.1. The van der Waals surface area contributed by atoms with Gasteiger partial charge >= 0.3 is 0 Å². The van der Waals surface area contributed by atoms with Crippen molar-refractivity contribution in [1.29, 1.82) is 0 Å². The fraction of sp³-hybridized carbons (Fsp3) is 0.231. The Morgan fingerprint density at radius 3 is 3.05 bits per heavy atom. The minimum atomic E-state index is -0.289. The molecule has 2 aromatic rings. The van der Waals surface area contributed by atoms with Crippen molar-refractivity contribution >= 4 is 11.6 Å². The number of nitrogen functional groups attached to an aromatic ring is 1. The van der Waals surface area contributed by atoms with Crippen molar-refractivity contribution in [2.45, 2.75) is 6.04 Å². The van der Waals surface area contributed by atoms with Gasteiger partial charge in [-0.15, -0.1) is 0 Å². The molecule has 0 aliphatic carbocycles. The average Bonchev–Trinajstić information content (AvgIpc) is 2.94. The summed E-state index contributed by atoms with van der Waals surface area (Å²) in [6, 6.07) is 7.48. The summed E-state index contributed by atoms with van der Waals surface area (Å²) in [5.41, 5.74) is 7.32. The molecule has 2 heterocycles. The zero-order valence-corrected chi connectivity index (χ0v) is 10.5. The fourth-order valence-corrected chi connectivity index (χ4v) is 2.19. The van der Waals surface area contributed by atoms with E-state index >= 15 is 0 Å². The third-order valence-electron chi connectivity index (χ3n) is 3.08. The van der Waals surface area contributed by atoms with Gasteiger partial charge in [-0.25, -0.2) is 0 Å². The van der Waals surface area contributed by atoms with E-state index in [4.69, 9.17) is 10.5 Å². The van der Waals surface area contributed by atoms with Gasteiger partial charge in [-0.2, -0.15) is 5.10 Å². The molecule has 1 aromatic heterocycles. The summed E-state index contributed by atoms with van der Waals surface area (Å²) >= 11 is 0. The maximum absolute atomic E-state index is 12.1. The van der Waals surface area contributed by atoms with Crippen molar-refractivity contribution < 1.29 is 9.53 Å². The zero-order chi connectivity index (χ0) is 13.4. The van der Waals surface area contributed by atoms with E-state index in [-0.39, 0.29) is 17.6 Å². The molecule has 1 aliphatic heterocycles. The Kier molecular flexibility index (Phi) is 2.63. The van der Waals surface area contributed by atoms with Crippen LogP contribution in [0.3, 0.4) is 0 Å². The summed E-state index contributed by atoms with van der Waals surface area (Å²) in [6.45, 7) is 0.428. The highest BCUT2D eigenvalue weighted by atomic mass is 16.5. The Hall–Kier alpha value is -2.50. The van der Waals surface area contributed by atoms with Gasteiger partial charge in [0.15, 0.2) is 5.69 Å². The molecule has 1 aliphatic rings. The lowest BCUT2D eigenvalue weighted by Crippen LogP contribution is -2.30. The molecule has 0 bridgehead atoms. The van der Waals surface area contributed by atoms with Crippen LogP contribution < -0.4 is 15.8 Å². The fourth-order valence-electron chi connectivity index (χ4n) is 2.19. The van der Waals surface area contributed by atoms with Gasteiger partial charge in [0, 0.05) is 18.8 Å². The molecule has 98 valence electrons. The van der Waals surface area contributed by atoms with Crippen molar-refractivity contribution in [3.05, 3.63) is 41.7 Å². The highest BCUT2D eigenvalue weighted by Crippen LogP contribution is 2.31. The lowest BCUT2D eigenvalue weighted by Gasteiger charge is -2.10. The Morgan fingerprint density at radius 2 is 2.32 bits per heavy atom. The van der Waals surface area contributed by atoms with Crippen molar-refractivity contribution in [3.63, 3.8) is 0 Å². The van der Waals surface area contributed by atoms with E-state index in [1.165, 1.54) is 4.68 Å². The number of amides is 1. The van der Waals surface area contributed by atoms with E-state index in [0.29, 0.717) is 12.3 Å². The molecule has 3 rings (SSSR count). The van der Waals surface area contributed by atoms with Crippen LogP contribution in [-0.2, 0) is 7.05 Å². The molecular weight excluding hydrogens is 244 g/mol. The van der Waals surface area contributed by atoms with Crippen LogP contribution in [0.4, 0.5) is 5.69 Å². The first kappa shape index (κ1) is 11.6. The number of fused-ring (bicyclic) bond motifs is 1. The number of aryl methyl sites for hydroxylation is 1. The van der Waals surface area contributed by atoms with Crippen molar-refractivity contribution in [3.8, 4) is 5.75 Å². The first-order valence-electron chi connectivity index (χ1n) is 5.97. The van der Waals surface area contributed by atoms with E-state index < -0.39 is 0 Å². The highest BCUT2D eigenvalue weighted by molar-refractivity contribution is 5.97. The molecular formula is C13H14N4O2. The molecule has 1 unspecified atom stereocenters. The third kappa shape index (κ3) is 2.01. The molecule has 3 N–H and O–H groups in total. The van der Waals surface area contributed by atoms with Crippen LogP contribution in [0.1, 0.15) is 22.1 Å². The SMILES string of the molecule is Cn1cc(N)c(C(=O)NC2COc3ccccc32)n1. The van der Waals surface area contributed by atoms with Crippen LogP contribution in [0.2, 0.25) is 0 Å². The Bertz CT molecular complexity index is 635. The van der Waals surface area contributed by atoms with Gasteiger partial charge in [0.1, 0.15) is 12.4 Å². The van der Waals surface area contributed by atoms with Crippen molar-refractivity contribution in [2.75, 3.05) is 12.3 Å². The zero-order valence-electron chi connectivity index (χ0n) is 10.5. The van der Waals surface area contributed by atoms with Crippen LogP contribution in [-0.4, -0.2) is 22.3 Å². The topological polar surface area (TPSA) is 82.2 Å². The lowest BCUT2D eigenvalue weighted by molar-refractivity contribution is 0.0925. The predicted molar refractivity (Wildman–Crippen MR) is 69.8 cm³/mol. The molecule has 6 nitrogen and oxygen atoms in total. The molecule has 6 heteroatoms. The monoisotopic (exact) mass is 258 g/mol. The van der Waals surface area contributed by atoms with Crippen LogP contribution >= 0.6 is 0 Å². The van der Waals surface area contributed by atoms with Crippen LogP contribution in [0.5, 0.6) is 5.75 Å². The van der Waals surface area contributed by atoms with Gasteiger partial charge < -0.3 is 15.8 Å². The van der Waals surface area contributed by atoms with Crippen LogP contribution in [0.15, 0.2) is 30.5 Å². The van der Waals surface area contributed by atoms with Crippen molar-refractivity contribution in [1.82, 2.24) is 15.1 Å². The van der Waals surface area contributed by atoms with E-state index in [9.17, 15) is 4.79 Å².